The van der Waals surface area contributed by atoms with E-state index >= 15 is 0 Å². The van der Waals surface area contributed by atoms with Crippen LogP contribution in [0.5, 0.6) is 0 Å². The number of nitrogens with one attached hydrogen (secondary N) is 1. The van der Waals surface area contributed by atoms with E-state index < -0.39 is 0 Å². The highest BCUT2D eigenvalue weighted by Crippen LogP contribution is 2.19. The third kappa shape index (κ3) is 4.25. The molecule has 1 atom stereocenters. The Morgan fingerprint density at radius 1 is 1.44 bits per heavy atom. The van der Waals surface area contributed by atoms with Gasteiger partial charge in [0.15, 0.2) is 0 Å². The van der Waals surface area contributed by atoms with Gasteiger partial charge in [0, 0.05) is 32.4 Å². The van der Waals surface area contributed by atoms with Crippen LogP contribution in [0.1, 0.15) is 34.8 Å². The van der Waals surface area contributed by atoms with Gasteiger partial charge in [0.2, 0.25) is 0 Å². The molecule has 1 aliphatic rings. The highest BCUT2D eigenvalue weighted by molar-refractivity contribution is 5.93. The van der Waals surface area contributed by atoms with E-state index in [-0.39, 0.29) is 5.91 Å². The standard InChI is InChI=1S/C19H23N5O/c1-2-24-14-18(11-22-24)19(25)21-10-15-7-8-23(12-15)13-17-6-4-3-5-16(17)9-20/h3-6,11,14-15H,2,7-8,10,12-13H2,1H3,(H,21,25)/t15-/m0/s1. The van der Waals surface area contributed by atoms with Gasteiger partial charge in [-0.05, 0) is 37.4 Å². The summed E-state index contributed by atoms with van der Waals surface area (Å²) in [6.45, 7) is 6.15. The van der Waals surface area contributed by atoms with Gasteiger partial charge in [0.1, 0.15) is 0 Å². The maximum atomic E-state index is 12.2. The minimum Gasteiger partial charge on any atom is -0.352 e. The number of hydrogen-bond acceptors (Lipinski definition) is 4. The van der Waals surface area contributed by atoms with Crippen molar-refractivity contribution in [3.05, 3.63) is 53.3 Å². The van der Waals surface area contributed by atoms with E-state index in [9.17, 15) is 10.1 Å². The fourth-order valence-electron chi connectivity index (χ4n) is 3.22. The quantitative estimate of drug-likeness (QED) is 0.875. The van der Waals surface area contributed by atoms with Gasteiger partial charge in [-0.25, -0.2) is 0 Å². The van der Waals surface area contributed by atoms with Gasteiger partial charge < -0.3 is 5.32 Å². The summed E-state index contributed by atoms with van der Waals surface area (Å²) in [5.41, 5.74) is 2.42. The van der Waals surface area contributed by atoms with E-state index in [1.807, 2.05) is 31.2 Å². The predicted molar refractivity (Wildman–Crippen MR) is 94.8 cm³/mol. The summed E-state index contributed by atoms with van der Waals surface area (Å²) in [4.78, 5) is 14.5. The molecule has 130 valence electrons. The number of likely N-dealkylation sites (tertiary alicyclic amines) is 1. The van der Waals surface area contributed by atoms with Crippen molar-refractivity contribution < 1.29 is 4.79 Å². The molecule has 0 unspecified atom stereocenters. The molecule has 6 nitrogen and oxygen atoms in total. The van der Waals surface area contributed by atoms with E-state index in [0.717, 1.165) is 43.7 Å². The molecular weight excluding hydrogens is 314 g/mol. The number of carbonyl (C=O) groups excluding carboxylic acids is 1. The molecule has 1 saturated heterocycles. The molecular formula is C19H23N5O. The third-order valence-electron chi connectivity index (χ3n) is 4.67. The van der Waals surface area contributed by atoms with E-state index in [2.05, 4.69) is 21.4 Å². The van der Waals surface area contributed by atoms with Crippen molar-refractivity contribution in [2.75, 3.05) is 19.6 Å². The van der Waals surface area contributed by atoms with Crippen molar-refractivity contribution in [2.24, 2.45) is 5.92 Å². The summed E-state index contributed by atoms with van der Waals surface area (Å²) in [7, 11) is 0. The molecule has 2 heterocycles. The average molecular weight is 337 g/mol. The largest absolute Gasteiger partial charge is 0.352 e. The van der Waals surface area contributed by atoms with E-state index in [0.29, 0.717) is 18.0 Å². The summed E-state index contributed by atoms with van der Waals surface area (Å²) < 4.78 is 1.75. The normalized spacial score (nSPS) is 17.4. The number of benzene rings is 1. The molecule has 1 aromatic carbocycles. The summed E-state index contributed by atoms with van der Waals surface area (Å²) in [5, 5.41) is 16.3. The molecule has 0 bridgehead atoms. The number of amides is 1. The minimum absolute atomic E-state index is 0.0621. The monoisotopic (exact) mass is 337 g/mol. The molecule has 25 heavy (non-hydrogen) atoms. The molecule has 1 amide bonds. The maximum Gasteiger partial charge on any atom is 0.254 e. The Kier molecular flexibility index (Phi) is 5.46. The first kappa shape index (κ1) is 17.2. The number of carbonyl (C=O) groups is 1. The van der Waals surface area contributed by atoms with Crippen LogP contribution >= 0.6 is 0 Å². The molecule has 0 spiro atoms. The number of aromatic nitrogens is 2. The fourth-order valence-corrected chi connectivity index (χ4v) is 3.22. The zero-order valence-electron chi connectivity index (χ0n) is 14.5. The number of hydrogen-bond donors (Lipinski definition) is 1. The Morgan fingerprint density at radius 2 is 2.28 bits per heavy atom. The van der Waals surface area contributed by atoms with Crippen LogP contribution in [-0.2, 0) is 13.1 Å². The van der Waals surface area contributed by atoms with Gasteiger partial charge >= 0.3 is 0 Å². The summed E-state index contributed by atoms with van der Waals surface area (Å²) >= 11 is 0. The summed E-state index contributed by atoms with van der Waals surface area (Å²) in [6.07, 6.45) is 4.44. The van der Waals surface area contributed by atoms with Gasteiger partial charge in [-0.15, -0.1) is 0 Å². The second kappa shape index (κ2) is 7.95. The van der Waals surface area contributed by atoms with Gasteiger partial charge in [-0.2, -0.15) is 10.4 Å². The third-order valence-corrected chi connectivity index (χ3v) is 4.67. The van der Waals surface area contributed by atoms with Crippen molar-refractivity contribution >= 4 is 5.91 Å². The van der Waals surface area contributed by atoms with Crippen LogP contribution in [0.15, 0.2) is 36.7 Å². The van der Waals surface area contributed by atoms with Crippen molar-refractivity contribution in [1.29, 1.82) is 5.26 Å². The Bertz CT molecular complexity index is 776. The molecule has 1 aliphatic heterocycles. The van der Waals surface area contributed by atoms with Crippen molar-refractivity contribution in [2.45, 2.75) is 26.4 Å². The molecule has 0 aliphatic carbocycles. The molecule has 1 aromatic heterocycles. The highest BCUT2D eigenvalue weighted by atomic mass is 16.1. The summed E-state index contributed by atoms with van der Waals surface area (Å²) in [5.74, 6) is 0.382. The predicted octanol–water partition coefficient (Wildman–Crippen LogP) is 2.03. The van der Waals surface area contributed by atoms with E-state index in [4.69, 9.17) is 0 Å². The smallest absolute Gasteiger partial charge is 0.254 e. The topological polar surface area (TPSA) is 74.0 Å². The second-order valence-electron chi connectivity index (χ2n) is 6.45. The van der Waals surface area contributed by atoms with Gasteiger partial charge in [0.05, 0.1) is 23.4 Å². The number of nitrogens with zero attached hydrogens (tertiary/aromatic N) is 4. The molecule has 0 radical (unpaired) electrons. The average Bonchev–Trinajstić information content (AvgIpc) is 3.29. The lowest BCUT2D eigenvalue weighted by Crippen LogP contribution is -2.30. The first-order valence-electron chi connectivity index (χ1n) is 8.70. The highest BCUT2D eigenvalue weighted by Gasteiger charge is 2.23. The molecule has 0 saturated carbocycles. The molecule has 2 aromatic rings. The lowest BCUT2D eigenvalue weighted by molar-refractivity contribution is 0.0947. The number of aryl methyl sites for hydroxylation is 1. The first-order valence-corrected chi connectivity index (χ1v) is 8.70. The maximum absolute atomic E-state index is 12.2. The molecule has 3 rings (SSSR count). The van der Waals surface area contributed by atoms with Crippen LogP contribution in [-0.4, -0.2) is 40.2 Å². The number of nitriles is 1. The Morgan fingerprint density at radius 3 is 3.04 bits per heavy atom. The Balaban J connectivity index is 1.48. The summed E-state index contributed by atoms with van der Waals surface area (Å²) in [6, 6.07) is 9.99. The molecule has 6 heteroatoms. The molecule has 1 N–H and O–H groups in total. The van der Waals surface area contributed by atoms with Crippen molar-refractivity contribution in [1.82, 2.24) is 20.0 Å². The van der Waals surface area contributed by atoms with Gasteiger partial charge in [0.25, 0.3) is 5.91 Å². The second-order valence-corrected chi connectivity index (χ2v) is 6.45. The van der Waals surface area contributed by atoms with Crippen LogP contribution in [0, 0.1) is 17.2 Å². The van der Waals surface area contributed by atoms with Gasteiger partial charge in [-0.1, -0.05) is 18.2 Å². The minimum atomic E-state index is -0.0621. The zero-order valence-corrected chi connectivity index (χ0v) is 14.5. The number of rotatable bonds is 6. The van der Waals surface area contributed by atoms with E-state index in [1.165, 1.54) is 0 Å². The van der Waals surface area contributed by atoms with Crippen LogP contribution in [0.4, 0.5) is 0 Å². The first-order chi connectivity index (χ1) is 12.2. The van der Waals surface area contributed by atoms with Crippen molar-refractivity contribution in [3.8, 4) is 6.07 Å². The zero-order chi connectivity index (χ0) is 17.6. The van der Waals surface area contributed by atoms with Crippen LogP contribution < -0.4 is 5.32 Å². The SMILES string of the molecule is CCn1cc(C(=O)NC[C@@H]2CCN(Cc3ccccc3C#N)C2)cn1. The Hall–Kier alpha value is -2.65. The van der Waals surface area contributed by atoms with Gasteiger partial charge in [-0.3, -0.25) is 14.4 Å². The Labute approximate surface area is 148 Å². The van der Waals surface area contributed by atoms with E-state index in [1.54, 1.807) is 17.1 Å². The van der Waals surface area contributed by atoms with Crippen LogP contribution in [0.3, 0.4) is 0 Å². The fraction of sp³-hybridized carbons (Fsp3) is 0.421. The molecule has 1 fully saturated rings. The lowest BCUT2D eigenvalue weighted by Gasteiger charge is -2.17. The van der Waals surface area contributed by atoms with Crippen LogP contribution in [0.2, 0.25) is 0 Å². The van der Waals surface area contributed by atoms with Crippen LogP contribution in [0.25, 0.3) is 0 Å². The van der Waals surface area contributed by atoms with Crippen molar-refractivity contribution in [3.63, 3.8) is 0 Å². The lowest BCUT2D eigenvalue weighted by atomic mass is 10.1.